The summed E-state index contributed by atoms with van der Waals surface area (Å²) >= 11 is 0. The highest BCUT2D eigenvalue weighted by Crippen LogP contribution is 2.29. The van der Waals surface area contributed by atoms with Crippen molar-refractivity contribution in [3.63, 3.8) is 0 Å². The van der Waals surface area contributed by atoms with Gasteiger partial charge in [-0.15, -0.1) is 0 Å². The lowest BCUT2D eigenvalue weighted by Crippen LogP contribution is -2.46. The maximum absolute atomic E-state index is 11.8. The van der Waals surface area contributed by atoms with Crippen molar-refractivity contribution < 1.29 is 9.53 Å². The predicted molar refractivity (Wildman–Crippen MR) is 90.0 cm³/mol. The Balaban J connectivity index is 1.66. The second-order valence-corrected chi connectivity index (χ2v) is 8.19. The van der Waals surface area contributed by atoms with E-state index < -0.39 is 5.60 Å². The van der Waals surface area contributed by atoms with E-state index in [4.69, 9.17) is 4.74 Å². The number of alkyl carbamates (subject to hydrolysis) is 1. The molecule has 0 heterocycles. The van der Waals surface area contributed by atoms with Crippen molar-refractivity contribution in [3.8, 4) is 0 Å². The van der Waals surface area contributed by atoms with Gasteiger partial charge in [0.1, 0.15) is 5.60 Å². The molecular weight excluding hydrogens is 276 g/mol. The van der Waals surface area contributed by atoms with E-state index in [9.17, 15) is 4.79 Å². The van der Waals surface area contributed by atoms with Gasteiger partial charge in [0.15, 0.2) is 0 Å². The molecule has 0 aliphatic heterocycles. The van der Waals surface area contributed by atoms with Crippen molar-refractivity contribution in [1.82, 2.24) is 10.6 Å². The lowest BCUT2D eigenvalue weighted by Gasteiger charge is -2.33. The third-order valence-electron chi connectivity index (χ3n) is 5.05. The monoisotopic (exact) mass is 310 g/mol. The van der Waals surface area contributed by atoms with Crippen LogP contribution in [0.1, 0.15) is 79.1 Å². The summed E-state index contributed by atoms with van der Waals surface area (Å²) in [6.45, 7) is 8.05. The molecular formula is C18H34N2O2. The Kier molecular flexibility index (Phi) is 6.13. The second kappa shape index (κ2) is 7.67. The number of amides is 1. The zero-order valence-corrected chi connectivity index (χ0v) is 14.8. The minimum Gasteiger partial charge on any atom is -0.444 e. The van der Waals surface area contributed by atoms with Gasteiger partial charge < -0.3 is 15.4 Å². The van der Waals surface area contributed by atoms with Gasteiger partial charge >= 0.3 is 6.09 Å². The Labute approximate surface area is 135 Å². The van der Waals surface area contributed by atoms with E-state index in [1.54, 1.807) is 0 Å². The van der Waals surface area contributed by atoms with Crippen LogP contribution in [-0.2, 0) is 4.74 Å². The Morgan fingerprint density at radius 1 is 1.00 bits per heavy atom. The van der Waals surface area contributed by atoms with Crippen molar-refractivity contribution in [1.29, 1.82) is 0 Å². The van der Waals surface area contributed by atoms with Gasteiger partial charge in [0.2, 0.25) is 0 Å². The van der Waals surface area contributed by atoms with Gasteiger partial charge in [-0.2, -0.15) is 0 Å². The zero-order chi connectivity index (χ0) is 16.2. The molecule has 2 aliphatic carbocycles. The Bertz CT molecular complexity index is 351. The van der Waals surface area contributed by atoms with Crippen molar-refractivity contribution >= 4 is 6.09 Å². The van der Waals surface area contributed by atoms with Crippen molar-refractivity contribution in [3.05, 3.63) is 0 Å². The molecule has 4 nitrogen and oxygen atoms in total. The number of carbonyl (C=O) groups excluding carboxylic acids is 1. The fraction of sp³-hybridized carbons (Fsp3) is 0.944. The zero-order valence-electron chi connectivity index (χ0n) is 14.8. The molecule has 2 saturated carbocycles. The molecule has 128 valence electrons. The lowest BCUT2D eigenvalue weighted by atomic mass is 9.89. The Hall–Kier alpha value is -0.770. The summed E-state index contributed by atoms with van der Waals surface area (Å²) in [6, 6.07) is 1.53. The van der Waals surface area contributed by atoms with Gasteiger partial charge in [-0.1, -0.05) is 12.8 Å². The second-order valence-electron chi connectivity index (χ2n) is 8.19. The first-order valence-corrected chi connectivity index (χ1v) is 9.09. The SMILES string of the molecule is CC(NC1CCC(NC(=O)OC(C)(C)C)CC1)C1CCCC1. The molecule has 0 bridgehead atoms. The van der Waals surface area contributed by atoms with Gasteiger partial charge in [-0.05, 0) is 72.1 Å². The fourth-order valence-electron chi connectivity index (χ4n) is 3.84. The Morgan fingerprint density at radius 2 is 1.55 bits per heavy atom. The average Bonchev–Trinajstić information content (AvgIpc) is 2.92. The smallest absolute Gasteiger partial charge is 0.407 e. The van der Waals surface area contributed by atoms with Crippen LogP contribution in [0, 0.1) is 5.92 Å². The largest absolute Gasteiger partial charge is 0.444 e. The molecule has 2 aliphatic rings. The van der Waals surface area contributed by atoms with E-state index in [1.807, 2.05) is 20.8 Å². The van der Waals surface area contributed by atoms with E-state index in [2.05, 4.69) is 17.6 Å². The molecule has 0 radical (unpaired) electrons. The first-order valence-electron chi connectivity index (χ1n) is 9.09. The van der Waals surface area contributed by atoms with E-state index in [-0.39, 0.29) is 12.1 Å². The summed E-state index contributed by atoms with van der Waals surface area (Å²) in [5, 5.41) is 6.84. The maximum atomic E-state index is 11.8. The van der Waals surface area contributed by atoms with Crippen LogP contribution in [0.4, 0.5) is 4.79 Å². The molecule has 0 spiro atoms. The van der Waals surface area contributed by atoms with E-state index in [0.717, 1.165) is 31.6 Å². The van der Waals surface area contributed by atoms with Gasteiger partial charge in [0.05, 0.1) is 0 Å². The van der Waals surface area contributed by atoms with Crippen LogP contribution in [0.15, 0.2) is 0 Å². The first kappa shape index (κ1) is 17.6. The average molecular weight is 310 g/mol. The standard InChI is InChI=1S/C18H34N2O2/c1-13(14-7-5-6-8-14)19-15-9-11-16(12-10-15)20-17(21)22-18(2,3)4/h13-16,19H,5-12H2,1-4H3,(H,20,21). The summed E-state index contributed by atoms with van der Waals surface area (Å²) in [6.07, 6.45) is 9.72. The van der Waals surface area contributed by atoms with Crippen LogP contribution in [0.5, 0.6) is 0 Å². The number of rotatable bonds is 4. The van der Waals surface area contributed by atoms with Crippen LogP contribution >= 0.6 is 0 Å². The van der Waals surface area contributed by atoms with Crippen LogP contribution < -0.4 is 10.6 Å². The molecule has 1 atom stereocenters. The minimum atomic E-state index is -0.417. The summed E-state index contributed by atoms with van der Waals surface area (Å²) in [5.41, 5.74) is -0.417. The number of hydrogen-bond acceptors (Lipinski definition) is 3. The highest BCUT2D eigenvalue weighted by Gasteiger charge is 2.28. The van der Waals surface area contributed by atoms with Gasteiger partial charge in [-0.25, -0.2) is 4.79 Å². The molecule has 4 heteroatoms. The van der Waals surface area contributed by atoms with E-state index in [0.29, 0.717) is 12.1 Å². The normalized spacial score (nSPS) is 28.4. The summed E-state index contributed by atoms with van der Waals surface area (Å²) in [5.74, 6) is 0.873. The quantitative estimate of drug-likeness (QED) is 0.825. The molecule has 1 unspecified atom stereocenters. The summed E-state index contributed by atoms with van der Waals surface area (Å²) in [7, 11) is 0. The number of nitrogens with one attached hydrogen (secondary N) is 2. The van der Waals surface area contributed by atoms with Gasteiger partial charge in [0, 0.05) is 18.1 Å². The van der Waals surface area contributed by atoms with Crippen molar-refractivity contribution in [2.24, 2.45) is 5.92 Å². The molecule has 0 aromatic rings. The van der Waals surface area contributed by atoms with Gasteiger partial charge in [0.25, 0.3) is 0 Å². The highest BCUT2D eigenvalue weighted by molar-refractivity contribution is 5.68. The first-order chi connectivity index (χ1) is 10.3. The van der Waals surface area contributed by atoms with Crippen LogP contribution in [0.25, 0.3) is 0 Å². The van der Waals surface area contributed by atoms with Gasteiger partial charge in [-0.3, -0.25) is 0 Å². The summed E-state index contributed by atoms with van der Waals surface area (Å²) < 4.78 is 5.33. The topological polar surface area (TPSA) is 50.4 Å². The molecule has 1 amide bonds. The lowest BCUT2D eigenvalue weighted by molar-refractivity contribution is 0.0489. The number of ether oxygens (including phenoxy) is 1. The summed E-state index contributed by atoms with van der Waals surface area (Å²) in [4.78, 5) is 11.8. The molecule has 0 aromatic heterocycles. The Morgan fingerprint density at radius 3 is 2.09 bits per heavy atom. The number of hydrogen-bond donors (Lipinski definition) is 2. The minimum absolute atomic E-state index is 0.273. The molecule has 2 N–H and O–H groups in total. The predicted octanol–water partition coefficient (Wildman–Crippen LogP) is 3.99. The van der Waals surface area contributed by atoms with E-state index >= 15 is 0 Å². The fourth-order valence-corrected chi connectivity index (χ4v) is 3.84. The highest BCUT2D eigenvalue weighted by atomic mass is 16.6. The molecule has 0 aromatic carbocycles. The molecule has 2 rings (SSSR count). The van der Waals surface area contributed by atoms with Crippen LogP contribution in [0.3, 0.4) is 0 Å². The number of carbonyl (C=O) groups is 1. The van der Waals surface area contributed by atoms with Crippen molar-refractivity contribution in [2.45, 2.75) is 103 Å². The molecule has 22 heavy (non-hydrogen) atoms. The van der Waals surface area contributed by atoms with Crippen LogP contribution in [0.2, 0.25) is 0 Å². The van der Waals surface area contributed by atoms with E-state index in [1.165, 1.54) is 25.7 Å². The molecule has 0 saturated heterocycles. The molecule has 2 fully saturated rings. The maximum Gasteiger partial charge on any atom is 0.407 e. The third-order valence-corrected chi connectivity index (χ3v) is 5.05. The third kappa shape index (κ3) is 5.79. The van der Waals surface area contributed by atoms with Crippen LogP contribution in [-0.4, -0.2) is 29.8 Å². The van der Waals surface area contributed by atoms with Crippen molar-refractivity contribution in [2.75, 3.05) is 0 Å².